The van der Waals surface area contributed by atoms with E-state index in [1.165, 1.54) is 22.9 Å². The summed E-state index contributed by atoms with van der Waals surface area (Å²) in [7, 11) is -4.24. The molecule has 0 heterocycles. The van der Waals surface area contributed by atoms with E-state index >= 15 is 0 Å². The molecule has 0 aliphatic rings. The molecule has 0 aliphatic carbocycles. The van der Waals surface area contributed by atoms with E-state index in [9.17, 15) is 18.0 Å². The topological polar surface area (TPSA) is 127 Å². The van der Waals surface area contributed by atoms with Gasteiger partial charge in [-0.15, -0.1) is 0 Å². The van der Waals surface area contributed by atoms with Crippen LogP contribution in [0.1, 0.15) is 0 Å². The van der Waals surface area contributed by atoms with Crippen LogP contribution >= 0.6 is 0 Å². The number of carbonyl (C=O) groups excluding carboxylic acids is 1. The Morgan fingerprint density at radius 1 is 1.25 bits per heavy atom. The van der Waals surface area contributed by atoms with Crippen LogP contribution in [-0.4, -0.2) is 25.4 Å². The highest BCUT2D eigenvalue weighted by atomic mass is 32.2. The molecule has 7 nitrogen and oxygen atoms in total. The molecule has 1 rings (SSSR count). The van der Waals surface area contributed by atoms with Crippen LogP contribution in [0.15, 0.2) is 29.2 Å². The second-order valence-corrected chi connectivity index (χ2v) is 4.43. The van der Waals surface area contributed by atoms with Gasteiger partial charge in [0.2, 0.25) is 0 Å². The number of carboxylic acids is 1. The highest BCUT2D eigenvalue weighted by molar-refractivity contribution is 7.90. The summed E-state index contributed by atoms with van der Waals surface area (Å²) in [5, 5.41) is 8.25. The summed E-state index contributed by atoms with van der Waals surface area (Å²) >= 11 is 0. The first-order chi connectivity index (χ1) is 7.34. The van der Waals surface area contributed by atoms with Gasteiger partial charge in [0, 0.05) is 0 Å². The van der Waals surface area contributed by atoms with Crippen LogP contribution in [0, 0.1) is 0 Å². The lowest BCUT2D eigenvalue weighted by Crippen LogP contribution is -2.36. The Morgan fingerprint density at radius 3 is 2.31 bits per heavy atom. The van der Waals surface area contributed by atoms with Gasteiger partial charge >= 0.3 is 11.9 Å². The number of sulfonamides is 1. The zero-order valence-corrected chi connectivity index (χ0v) is 8.69. The summed E-state index contributed by atoms with van der Waals surface area (Å²) in [6.45, 7) is 0. The summed E-state index contributed by atoms with van der Waals surface area (Å²) in [5.41, 5.74) is 5.30. The Morgan fingerprint density at radius 2 is 1.81 bits per heavy atom. The van der Waals surface area contributed by atoms with Gasteiger partial charge in [-0.2, -0.15) is 0 Å². The van der Waals surface area contributed by atoms with Gasteiger partial charge in [-0.3, -0.25) is 4.79 Å². The average molecular weight is 244 g/mol. The van der Waals surface area contributed by atoms with Gasteiger partial charge in [0.15, 0.2) is 0 Å². The molecule has 1 amide bonds. The number of aliphatic carboxylic acids is 1. The Kier molecular flexibility index (Phi) is 3.14. The SMILES string of the molecule is Nc1ccccc1S(=O)(=O)NC(=O)C(=O)O. The molecular weight excluding hydrogens is 236 g/mol. The fourth-order valence-electron chi connectivity index (χ4n) is 0.946. The lowest BCUT2D eigenvalue weighted by atomic mass is 10.3. The van der Waals surface area contributed by atoms with Crippen molar-refractivity contribution in [2.45, 2.75) is 4.90 Å². The Hall–Kier alpha value is -2.09. The van der Waals surface area contributed by atoms with Gasteiger partial charge in [-0.05, 0) is 12.1 Å². The molecule has 86 valence electrons. The standard InChI is InChI=1S/C8H8N2O5S/c9-5-3-1-2-4-6(5)16(14,15)10-7(11)8(12)13/h1-4H,9H2,(H,10,11)(H,12,13). The van der Waals surface area contributed by atoms with E-state index in [2.05, 4.69) is 0 Å². The Balaban J connectivity index is 3.09. The number of nitrogen functional groups attached to an aromatic ring is 1. The Bertz CT molecular complexity index is 537. The molecule has 1 aromatic rings. The van der Waals surface area contributed by atoms with Crippen LogP contribution in [0.5, 0.6) is 0 Å². The predicted molar refractivity (Wildman–Crippen MR) is 53.8 cm³/mol. The van der Waals surface area contributed by atoms with Crippen molar-refractivity contribution in [1.82, 2.24) is 4.72 Å². The molecule has 0 aromatic heterocycles. The van der Waals surface area contributed by atoms with Crippen molar-refractivity contribution in [3.05, 3.63) is 24.3 Å². The zero-order valence-electron chi connectivity index (χ0n) is 7.88. The van der Waals surface area contributed by atoms with Crippen LogP contribution in [-0.2, 0) is 19.6 Å². The molecule has 0 radical (unpaired) electrons. The van der Waals surface area contributed by atoms with E-state index in [0.717, 1.165) is 6.07 Å². The van der Waals surface area contributed by atoms with Crippen molar-refractivity contribution in [3.8, 4) is 0 Å². The fourth-order valence-corrected chi connectivity index (χ4v) is 2.02. The minimum atomic E-state index is -4.24. The third kappa shape index (κ3) is 2.48. The number of benzene rings is 1. The maximum atomic E-state index is 11.5. The molecule has 0 saturated heterocycles. The first-order valence-electron chi connectivity index (χ1n) is 3.99. The molecule has 0 saturated carbocycles. The Labute approximate surface area is 90.9 Å². The number of rotatable bonds is 2. The smallest absolute Gasteiger partial charge is 0.395 e. The number of amides is 1. The summed E-state index contributed by atoms with van der Waals surface area (Å²) in [6, 6.07) is 5.39. The van der Waals surface area contributed by atoms with Crippen molar-refractivity contribution in [2.75, 3.05) is 5.73 Å². The third-order valence-corrected chi connectivity index (χ3v) is 3.03. The second kappa shape index (κ2) is 4.19. The maximum absolute atomic E-state index is 11.5. The minimum absolute atomic E-state index is 0.0758. The monoisotopic (exact) mass is 244 g/mol. The number of anilines is 1. The van der Waals surface area contributed by atoms with Gasteiger partial charge in [0.25, 0.3) is 10.0 Å². The molecule has 0 unspecified atom stereocenters. The molecule has 0 bridgehead atoms. The highest BCUT2D eigenvalue weighted by Crippen LogP contribution is 2.16. The van der Waals surface area contributed by atoms with E-state index in [1.807, 2.05) is 0 Å². The van der Waals surface area contributed by atoms with Crippen molar-refractivity contribution in [1.29, 1.82) is 0 Å². The summed E-state index contributed by atoms with van der Waals surface area (Å²) in [6.07, 6.45) is 0. The van der Waals surface area contributed by atoms with Gasteiger partial charge in [0.1, 0.15) is 4.90 Å². The number of nitrogens with two attached hydrogens (primary N) is 1. The highest BCUT2D eigenvalue weighted by Gasteiger charge is 2.23. The van der Waals surface area contributed by atoms with Crippen molar-refractivity contribution < 1.29 is 23.1 Å². The first kappa shape index (κ1) is 12.0. The number of hydrogen-bond acceptors (Lipinski definition) is 5. The summed E-state index contributed by atoms with van der Waals surface area (Å²) < 4.78 is 24.4. The van der Waals surface area contributed by atoms with E-state index in [4.69, 9.17) is 10.8 Å². The molecule has 16 heavy (non-hydrogen) atoms. The quantitative estimate of drug-likeness (QED) is 0.459. The van der Waals surface area contributed by atoms with Crippen LogP contribution in [0.4, 0.5) is 5.69 Å². The van der Waals surface area contributed by atoms with E-state index in [0.29, 0.717) is 0 Å². The number of hydrogen-bond donors (Lipinski definition) is 3. The zero-order chi connectivity index (χ0) is 12.3. The molecule has 0 fully saturated rings. The lowest BCUT2D eigenvalue weighted by Gasteiger charge is -2.06. The van der Waals surface area contributed by atoms with Gasteiger partial charge in [0.05, 0.1) is 5.69 Å². The van der Waals surface area contributed by atoms with Crippen molar-refractivity contribution in [3.63, 3.8) is 0 Å². The number of para-hydroxylation sites is 1. The molecule has 0 aliphatic heterocycles. The average Bonchev–Trinajstić information content (AvgIpc) is 2.17. The van der Waals surface area contributed by atoms with E-state index < -0.39 is 21.9 Å². The number of carbonyl (C=O) groups is 2. The number of nitrogens with one attached hydrogen (secondary N) is 1. The minimum Gasteiger partial charge on any atom is -0.474 e. The van der Waals surface area contributed by atoms with Crippen LogP contribution < -0.4 is 10.5 Å². The molecule has 0 spiro atoms. The van der Waals surface area contributed by atoms with Crippen molar-refractivity contribution in [2.24, 2.45) is 0 Å². The molecule has 0 atom stereocenters. The van der Waals surface area contributed by atoms with Crippen molar-refractivity contribution >= 4 is 27.6 Å². The van der Waals surface area contributed by atoms with E-state index in [-0.39, 0.29) is 10.6 Å². The van der Waals surface area contributed by atoms with Gasteiger partial charge < -0.3 is 10.8 Å². The summed E-state index contributed by atoms with van der Waals surface area (Å²) in [4.78, 5) is 20.6. The van der Waals surface area contributed by atoms with Crippen LogP contribution in [0.25, 0.3) is 0 Å². The lowest BCUT2D eigenvalue weighted by molar-refractivity contribution is -0.149. The molecule has 4 N–H and O–H groups in total. The van der Waals surface area contributed by atoms with Crippen LogP contribution in [0.2, 0.25) is 0 Å². The normalized spacial score (nSPS) is 10.8. The third-order valence-electron chi connectivity index (χ3n) is 1.63. The largest absolute Gasteiger partial charge is 0.474 e. The second-order valence-electron chi connectivity index (χ2n) is 2.78. The van der Waals surface area contributed by atoms with Gasteiger partial charge in [-0.1, -0.05) is 12.1 Å². The fraction of sp³-hybridized carbons (Fsp3) is 0. The van der Waals surface area contributed by atoms with Gasteiger partial charge in [-0.25, -0.2) is 17.9 Å². The first-order valence-corrected chi connectivity index (χ1v) is 5.47. The van der Waals surface area contributed by atoms with E-state index in [1.54, 1.807) is 0 Å². The predicted octanol–water partition coefficient (Wildman–Crippen LogP) is -0.842. The number of carboxylic acid groups (broad SMARTS) is 1. The molecule has 1 aromatic carbocycles. The molecule has 8 heteroatoms. The maximum Gasteiger partial charge on any atom is 0.395 e. The summed E-state index contributed by atoms with van der Waals surface area (Å²) in [5.74, 6) is -3.53. The van der Waals surface area contributed by atoms with Crippen LogP contribution in [0.3, 0.4) is 0 Å². The molecular formula is C8H8N2O5S.